The maximum atomic E-state index is 13.3. The third kappa shape index (κ3) is 4.01. The van der Waals surface area contributed by atoms with E-state index < -0.39 is 5.69 Å². The molecule has 3 rings (SSSR count). The highest BCUT2D eigenvalue weighted by molar-refractivity contribution is 5.81. The van der Waals surface area contributed by atoms with Crippen LogP contribution in [0.3, 0.4) is 0 Å². The number of aromatic nitrogens is 2. The highest BCUT2D eigenvalue weighted by Crippen LogP contribution is 2.16. The molecule has 0 bridgehead atoms. The summed E-state index contributed by atoms with van der Waals surface area (Å²) in [5, 5.41) is 0.408. The fourth-order valence-electron chi connectivity index (χ4n) is 3.43. The zero-order valence-electron chi connectivity index (χ0n) is 17.4. The number of carbonyl (C=O) groups is 1. The predicted molar refractivity (Wildman–Crippen MR) is 116 cm³/mol. The number of hydrogen-bond acceptors (Lipinski definition) is 3. The Labute approximate surface area is 170 Å². The summed E-state index contributed by atoms with van der Waals surface area (Å²) in [5.74, 6) is 0.181. The summed E-state index contributed by atoms with van der Waals surface area (Å²) in [6, 6.07) is 14.3. The molecule has 6 heteroatoms. The van der Waals surface area contributed by atoms with Crippen LogP contribution in [0.1, 0.15) is 38.7 Å². The average Bonchev–Trinajstić information content (AvgIpc) is 2.71. The Morgan fingerprint density at radius 3 is 2.31 bits per heavy atom. The Kier molecular flexibility index (Phi) is 6.01. The van der Waals surface area contributed by atoms with Crippen LogP contribution in [0.25, 0.3) is 16.6 Å². The number of para-hydroxylation sites is 1. The first kappa shape index (κ1) is 20.6. The lowest BCUT2D eigenvalue weighted by atomic mass is 10.0. The quantitative estimate of drug-likeness (QED) is 0.646. The minimum Gasteiger partial charge on any atom is -0.344 e. The molecule has 0 N–H and O–H groups in total. The molecule has 3 aromatic rings. The number of fused-ring (bicyclic) bond motifs is 1. The molecule has 29 heavy (non-hydrogen) atoms. The molecule has 2 aromatic carbocycles. The van der Waals surface area contributed by atoms with Crippen molar-refractivity contribution in [3.8, 4) is 5.69 Å². The summed E-state index contributed by atoms with van der Waals surface area (Å²) in [6.45, 7) is 6.67. The van der Waals surface area contributed by atoms with E-state index in [0.717, 1.165) is 16.6 Å². The van der Waals surface area contributed by atoms with E-state index in [1.807, 2.05) is 19.1 Å². The second-order valence-corrected chi connectivity index (χ2v) is 7.59. The minimum atomic E-state index is -0.510. The molecular formula is C23H27N3O3. The van der Waals surface area contributed by atoms with Gasteiger partial charge in [-0.25, -0.2) is 9.36 Å². The number of rotatable bonds is 6. The van der Waals surface area contributed by atoms with Crippen LogP contribution in [0.5, 0.6) is 0 Å². The topological polar surface area (TPSA) is 64.3 Å². The minimum absolute atomic E-state index is 0.111. The Bertz CT molecular complexity index is 1140. The first-order valence-electron chi connectivity index (χ1n) is 9.94. The van der Waals surface area contributed by atoms with Crippen molar-refractivity contribution in [1.29, 1.82) is 0 Å². The molecule has 1 amide bonds. The average molecular weight is 393 g/mol. The Hall–Kier alpha value is -3.15. The Morgan fingerprint density at radius 1 is 1.03 bits per heavy atom. The van der Waals surface area contributed by atoms with Crippen LogP contribution < -0.4 is 11.2 Å². The highest BCUT2D eigenvalue weighted by Gasteiger charge is 2.18. The van der Waals surface area contributed by atoms with Crippen LogP contribution in [0.15, 0.2) is 58.1 Å². The largest absolute Gasteiger partial charge is 0.344 e. The van der Waals surface area contributed by atoms with Crippen molar-refractivity contribution in [2.45, 2.75) is 39.7 Å². The number of benzene rings is 2. The van der Waals surface area contributed by atoms with Crippen LogP contribution in [0.2, 0.25) is 0 Å². The van der Waals surface area contributed by atoms with Gasteiger partial charge >= 0.3 is 5.69 Å². The number of nitrogens with zero attached hydrogens (tertiary/aromatic N) is 3. The number of likely N-dealkylation sites (N-methyl/N-ethyl adjacent to an activating group) is 1. The molecule has 0 aliphatic carbocycles. The smallest absolute Gasteiger partial charge is 0.336 e. The Balaban J connectivity index is 2.20. The third-order valence-corrected chi connectivity index (χ3v) is 5.15. The van der Waals surface area contributed by atoms with Crippen molar-refractivity contribution in [2.75, 3.05) is 13.6 Å². The molecule has 1 aromatic heterocycles. The normalized spacial score (nSPS) is 11.2. The fourth-order valence-corrected chi connectivity index (χ4v) is 3.43. The van der Waals surface area contributed by atoms with Gasteiger partial charge in [0, 0.05) is 13.6 Å². The van der Waals surface area contributed by atoms with Crippen molar-refractivity contribution in [3.63, 3.8) is 0 Å². The van der Waals surface area contributed by atoms with E-state index in [1.165, 1.54) is 4.57 Å². The molecule has 0 saturated heterocycles. The van der Waals surface area contributed by atoms with E-state index >= 15 is 0 Å². The molecule has 0 radical (unpaired) electrons. The predicted octanol–water partition coefficient (Wildman–Crippen LogP) is 3.14. The monoisotopic (exact) mass is 393 g/mol. The summed E-state index contributed by atoms with van der Waals surface area (Å²) in [5.41, 5.74) is 1.20. The van der Waals surface area contributed by atoms with Gasteiger partial charge < -0.3 is 4.90 Å². The molecule has 0 unspecified atom stereocenters. The van der Waals surface area contributed by atoms with Gasteiger partial charge in [0.15, 0.2) is 0 Å². The van der Waals surface area contributed by atoms with Crippen molar-refractivity contribution in [2.24, 2.45) is 0 Å². The van der Waals surface area contributed by atoms with Crippen LogP contribution in [0, 0.1) is 0 Å². The van der Waals surface area contributed by atoms with E-state index in [9.17, 15) is 14.4 Å². The summed E-state index contributed by atoms with van der Waals surface area (Å²) in [4.78, 5) is 40.6. The maximum absolute atomic E-state index is 13.3. The van der Waals surface area contributed by atoms with Gasteiger partial charge in [0.25, 0.3) is 5.56 Å². The van der Waals surface area contributed by atoms with Gasteiger partial charge in [-0.05, 0) is 42.2 Å². The number of amides is 1. The van der Waals surface area contributed by atoms with E-state index in [-0.39, 0.29) is 18.0 Å². The van der Waals surface area contributed by atoms with Crippen LogP contribution in [-0.4, -0.2) is 33.5 Å². The van der Waals surface area contributed by atoms with Crippen molar-refractivity contribution in [3.05, 3.63) is 74.9 Å². The number of hydrogen-bond donors (Lipinski definition) is 0. The highest BCUT2D eigenvalue weighted by atomic mass is 16.2. The standard InChI is InChI=1S/C23H27N3O3/c1-5-14-24(4)21(27)15-25-20-9-7-6-8-19(20)22(28)26(23(25)29)18-12-10-17(11-13-18)16(2)3/h6-13,16H,5,14-15H2,1-4H3. The summed E-state index contributed by atoms with van der Waals surface area (Å²) >= 11 is 0. The van der Waals surface area contributed by atoms with Gasteiger partial charge in [-0.1, -0.05) is 45.0 Å². The van der Waals surface area contributed by atoms with Crippen molar-refractivity contribution in [1.82, 2.24) is 14.0 Å². The summed E-state index contributed by atoms with van der Waals surface area (Å²) in [6.07, 6.45) is 0.833. The molecule has 0 aliphatic heterocycles. The molecule has 6 nitrogen and oxygen atoms in total. The molecule has 0 spiro atoms. The SMILES string of the molecule is CCCN(C)C(=O)Cn1c(=O)n(-c2ccc(C(C)C)cc2)c(=O)c2ccccc21. The van der Waals surface area contributed by atoms with Crippen LogP contribution >= 0.6 is 0 Å². The second-order valence-electron chi connectivity index (χ2n) is 7.59. The molecule has 0 aliphatic rings. The summed E-state index contributed by atoms with van der Waals surface area (Å²) < 4.78 is 2.54. The van der Waals surface area contributed by atoms with Gasteiger partial charge in [0.1, 0.15) is 6.54 Å². The third-order valence-electron chi connectivity index (χ3n) is 5.15. The van der Waals surface area contributed by atoms with Gasteiger partial charge in [-0.2, -0.15) is 0 Å². The van der Waals surface area contributed by atoms with E-state index in [2.05, 4.69) is 13.8 Å². The second kappa shape index (κ2) is 8.47. The molecule has 0 fully saturated rings. The van der Waals surface area contributed by atoms with Gasteiger partial charge in [0.05, 0.1) is 16.6 Å². The lowest BCUT2D eigenvalue weighted by Gasteiger charge is -2.19. The zero-order chi connectivity index (χ0) is 21.1. The molecule has 152 valence electrons. The molecular weight excluding hydrogens is 366 g/mol. The van der Waals surface area contributed by atoms with E-state index in [4.69, 9.17) is 0 Å². The number of carbonyl (C=O) groups excluding carboxylic acids is 1. The molecule has 0 saturated carbocycles. The van der Waals surface area contributed by atoms with Crippen molar-refractivity contribution >= 4 is 16.8 Å². The fraction of sp³-hybridized carbons (Fsp3) is 0.348. The van der Waals surface area contributed by atoms with E-state index in [1.54, 1.807) is 48.3 Å². The van der Waals surface area contributed by atoms with E-state index in [0.29, 0.717) is 29.1 Å². The first-order chi connectivity index (χ1) is 13.8. The maximum Gasteiger partial charge on any atom is 0.336 e. The zero-order valence-corrected chi connectivity index (χ0v) is 17.4. The lowest BCUT2D eigenvalue weighted by molar-refractivity contribution is -0.130. The lowest BCUT2D eigenvalue weighted by Crippen LogP contribution is -2.42. The Morgan fingerprint density at radius 2 is 1.69 bits per heavy atom. The van der Waals surface area contributed by atoms with Gasteiger partial charge in [0.2, 0.25) is 5.91 Å². The van der Waals surface area contributed by atoms with Crippen LogP contribution in [0.4, 0.5) is 0 Å². The molecule has 0 atom stereocenters. The van der Waals surface area contributed by atoms with Gasteiger partial charge in [-0.3, -0.25) is 14.2 Å². The summed E-state index contributed by atoms with van der Waals surface area (Å²) in [7, 11) is 1.72. The van der Waals surface area contributed by atoms with Crippen LogP contribution in [-0.2, 0) is 11.3 Å². The van der Waals surface area contributed by atoms with Crippen molar-refractivity contribution < 1.29 is 4.79 Å². The first-order valence-corrected chi connectivity index (χ1v) is 9.94. The van der Waals surface area contributed by atoms with Gasteiger partial charge in [-0.15, -0.1) is 0 Å². The molecule has 1 heterocycles.